The fraction of sp³-hybridized carbons (Fsp3) is 0.462. The summed E-state index contributed by atoms with van der Waals surface area (Å²) in [6.45, 7) is 3.11. The molecule has 1 aliphatic rings. The summed E-state index contributed by atoms with van der Waals surface area (Å²) >= 11 is 0. The lowest BCUT2D eigenvalue weighted by atomic mass is 9.91. The fourth-order valence-corrected chi connectivity index (χ4v) is 2.24. The van der Waals surface area contributed by atoms with Crippen LogP contribution in [0.15, 0.2) is 29.4 Å². The highest BCUT2D eigenvalue weighted by atomic mass is 16.6. The Balaban J connectivity index is 2.34. The molecule has 3 heteroatoms. The molecule has 1 N–H and O–H groups in total. The van der Waals surface area contributed by atoms with Crippen LogP contribution in [0.2, 0.25) is 0 Å². The van der Waals surface area contributed by atoms with Crippen molar-refractivity contribution in [2.45, 2.75) is 25.8 Å². The zero-order valence-electron chi connectivity index (χ0n) is 9.86. The van der Waals surface area contributed by atoms with Crippen LogP contribution in [0.5, 0.6) is 0 Å². The maximum absolute atomic E-state index is 4.91. The first-order chi connectivity index (χ1) is 7.86. The molecule has 1 atom stereocenters. The van der Waals surface area contributed by atoms with Gasteiger partial charge in [0, 0.05) is 6.54 Å². The van der Waals surface area contributed by atoms with E-state index < -0.39 is 0 Å². The van der Waals surface area contributed by atoms with Gasteiger partial charge < -0.3 is 10.2 Å². The third-order valence-electron chi connectivity index (χ3n) is 3.01. The Morgan fingerprint density at radius 1 is 1.50 bits per heavy atom. The van der Waals surface area contributed by atoms with E-state index >= 15 is 0 Å². The molecule has 1 aliphatic heterocycles. The number of fused-ring (bicyclic) bond motifs is 1. The summed E-state index contributed by atoms with van der Waals surface area (Å²) in [6.07, 6.45) is 2.00. The number of benzene rings is 1. The zero-order chi connectivity index (χ0) is 11.4. The van der Waals surface area contributed by atoms with Gasteiger partial charge in [-0.15, -0.1) is 0 Å². The van der Waals surface area contributed by atoms with E-state index in [2.05, 4.69) is 41.7 Å². The van der Waals surface area contributed by atoms with E-state index in [0.717, 1.165) is 25.1 Å². The predicted octanol–water partition coefficient (Wildman–Crippen LogP) is 2.29. The Bertz CT molecular complexity index is 387. The van der Waals surface area contributed by atoms with Crippen LogP contribution < -0.4 is 5.32 Å². The highest BCUT2D eigenvalue weighted by Gasteiger charge is 2.23. The molecule has 0 saturated carbocycles. The van der Waals surface area contributed by atoms with Gasteiger partial charge in [-0.05, 0) is 24.0 Å². The van der Waals surface area contributed by atoms with Crippen LogP contribution in [0.1, 0.15) is 30.5 Å². The molecular weight excluding hydrogens is 200 g/mol. The molecular formula is C13H18N2O. The topological polar surface area (TPSA) is 33.6 Å². The highest BCUT2D eigenvalue weighted by molar-refractivity contribution is 5.90. The summed E-state index contributed by atoms with van der Waals surface area (Å²) in [7, 11) is 1.60. The molecule has 0 fully saturated rings. The van der Waals surface area contributed by atoms with Crippen molar-refractivity contribution in [3.8, 4) is 0 Å². The van der Waals surface area contributed by atoms with Gasteiger partial charge in [-0.1, -0.05) is 36.3 Å². The summed E-state index contributed by atoms with van der Waals surface area (Å²) in [5.74, 6) is 0. The van der Waals surface area contributed by atoms with E-state index in [1.165, 1.54) is 11.1 Å². The SMILES string of the molecule is CC/C(=N/OC)C1NCCc2ccccc21. The first-order valence-corrected chi connectivity index (χ1v) is 5.78. The minimum atomic E-state index is 0.218. The van der Waals surface area contributed by atoms with Gasteiger partial charge in [-0.3, -0.25) is 0 Å². The molecule has 2 rings (SSSR count). The first-order valence-electron chi connectivity index (χ1n) is 5.78. The molecule has 1 heterocycles. The van der Waals surface area contributed by atoms with Crippen LogP contribution >= 0.6 is 0 Å². The van der Waals surface area contributed by atoms with Gasteiger partial charge in [0.15, 0.2) is 0 Å². The van der Waals surface area contributed by atoms with Crippen LogP contribution in [0.4, 0.5) is 0 Å². The van der Waals surface area contributed by atoms with Gasteiger partial charge in [-0.25, -0.2) is 0 Å². The maximum atomic E-state index is 4.91. The lowest BCUT2D eigenvalue weighted by Gasteiger charge is -2.27. The molecule has 3 nitrogen and oxygen atoms in total. The summed E-state index contributed by atoms with van der Waals surface area (Å²) < 4.78 is 0. The number of nitrogens with one attached hydrogen (secondary N) is 1. The standard InChI is InChI=1S/C13H18N2O/c1-3-12(15-16-2)13-11-7-5-4-6-10(11)8-9-14-13/h4-7,13-14H,3,8-9H2,1-2H3/b15-12-. The van der Waals surface area contributed by atoms with E-state index in [0.29, 0.717) is 0 Å². The number of hydrogen-bond donors (Lipinski definition) is 1. The predicted molar refractivity (Wildman–Crippen MR) is 65.6 cm³/mol. The van der Waals surface area contributed by atoms with Crippen LogP contribution in [-0.4, -0.2) is 19.4 Å². The van der Waals surface area contributed by atoms with Crippen molar-refractivity contribution in [1.29, 1.82) is 0 Å². The minimum Gasteiger partial charge on any atom is -0.399 e. The van der Waals surface area contributed by atoms with E-state index in [9.17, 15) is 0 Å². The van der Waals surface area contributed by atoms with E-state index in [1.807, 2.05) is 0 Å². The van der Waals surface area contributed by atoms with Crippen molar-refractivity contribution in [3.63, 3.8) is 0 Å². The third-order valence-corrected chi connectivity index (χ3v) is 3.01. The summed E-state index contributed by atoms with van der Waals surface area (Å²) in [4.78, 5) is 4.91. The van der Waals surface area contributed by atoms with E-state index in [4.69, 9.17) is 4.84 Å². The van der Waals surface area contributed by atoms with Crippen molar-refractivity contribution in [3.05, 3.63) is 35.4 Å². The monoisotopic (exact) mass is 218 g/mol. The Morgan fingerprint density at radius 2 is 2.31 bits per heavy atom. The van der Waals surface area contributed by atoms with Crippen LogP contribution in [0.25, 0.3) is 0 Å². The molecule has 1 aromatic rings. The third kappa shape index (κ3) is 2.09. The summed E-state index contributed by atoms with van der Waals surface area (Å²) in [6, 6.07) is 8.77. The van der Waals surface area contributed by atoms with Crippen LogP contribution in [0, 0.1) is 0 Å². The number of oxime groups is 1. The molecule has 0 saturated heterocycles. The average Bonchev–Trinajstić information content (AvgIpc) is 2.35. The van der Waals surface area contributed by atoms with Crippen molar-refractivity contribution in [1.82, 2.24) is 5.32 Å². The Labute approximate surface area is 96.5 Å². The van der Waals surface area contributed by atoms with E-state index in [1.54, 1.807) is 7.11 Å². The van der Waals surface area contributed by atoms with Gasteiger partial charge in [0.1, 0.15) is 7.11 Å². The Hall–Kier alpha value is -1.35. The summed E-state index contributed by atoms with van der Waals surface area (Å²) in [5, 5.41) is 7.62. The smallest absolute Gasteiger partial charge is 0.106 e. The van der Waals surface area contributed by atoms with Gasteiger partial charge in [-0.2, -0.15) is 0 Å². The second-order valence-electron chi connectivity index (χ2n) is 3.95. The molecule has 0 aliphatic carbocycles. The second kappa shape index (κ2) is 5.12. The lowest BCUT2D eigenvalue weighted by molar-refractivity contribution is 0.210. The zero-order valence-corrected chi connectivity index (χ0v) is 9.86. The Morgan fingerprint density at radius 3 is 3.06 bits per heavy atom. The van der Waals surface area contributed by atoms with Gasteiger partial charge in [0.2, 0.25) is 0 Å². The van der Waals surface area contributed by atoms with E-state index in [-0.39, 0.29) is 6.04 Å². The molecule has 0 radical (unpaired) electrons. The van der Waals surface area contributed by atoms with Gasteiger partial charge in [0.25, 0.3) is 0 Å². The minimum absolute atomic E-state index is 0.218. The molecule has 16 heavy (non-hydrogen) atoms. The molecule has 0 bridgehead atoms. The number of hydrogen-bond acceptors (Lipinski definition) is 3. The Kier molecular flexibility index (Phi) is 3.57. The quantitative estimate of drug-likeness (QED) is 0.624. The maximum Gasteiger partial charge on any atom is 0.106 e. The largest absolute Gasteiger partial charge is 0.399 e. The fourth-order valence-electron chi connectivity index (χ4n) is 2.24. The average molecular weight is 218 g/mol. The van der Waals surface area contributed by atoms with Crippen LogP contribution in [0.3, 0.4) is 0 Å². The van der Waals surface area contributed by atoms with Crippen molar-refractivity contribution < 1.29 is 4.84 Å². The first kappa shape index (κ1) is 11.1. The molecule has 86 valence electrons. The molecule has 1 unspecified atom stereocenters. The van der Waals surface area contributed by atoms with Crippen molar-refractivity contribution >= 4 is 5.71 Å². The van der Waals surface area contributed by atoms with Gasteiger partial charge >= 0.3 is 0 Å². The molecule has 1 aromatic carbocycles. The molecule has 0 spiro atoms. The van der Waals surface area contributed by atoms with Gasteiger partial charge in [0.05, 0.1) is 11.8 Å². The summed E-state index contributed by atoms with van der Waals surface area (Å²) in [5.41, 5.74) is 3.82. The second-order valence-corrected chi connectivity index (χ2v) is 3.95. The van der Waals surface area contributed by atoms with Crippen molar-refractivity contribution in [2.24, 2.45) is 5.16 Å². The molecule has 0 amide bonds. The van der Waals surface area contributed by atoms with Crippen LogP contribution in [-0.2, 0) is 11.3 Å². The molecule has 0 aromatic heterocycles. The normalized spacial score (nSPS) is 20.4. The highest BCUT2D eigenvalue weighted by Crippen LogP contribution is 2.24. The lowest BCUT2D eigenvalue weighted by Crippen LogP contribution is -2.35. The van der Waals surface area contributed by atoms with Crippen molar-refractivity contribution in [2.75, 3.05) is 13.7 Å². The number of rotatable bonds is 3. The number of nitrogens with zero attached hydrogens (tertiary/aromatic N) is 1.